The number of hydrogen-bond acceptors (Lipinski definition) is 2. The lowest BCUT2D eigenvalue weighted by Crippen LogP contribution is -1.95. The van der Waals surface area contributed by atoms with Crippen LogP contribution in [0.1, 0.15) is 16.7 Å². The third-order valence-corrected chi connectivity index (χ3v) is 4.55. The van der Waals surface area contributed by atoms with Crippen molar-refractivity contribution in [3.8, 4) is 11.3 Å². The van der Waals surface area contributed by atoms with Crippen molar-refractivity contribution in [2.75, 3.05) is 5.73 Å². The van der Waals surface area contributed by atoms with E-state index in [0.717, 1.165) is 26.9 Å². The van der Waals surface area contributed by atoms with E-state index >= 15 is 0 Å². The summed E-state index contributed by atoms with van der Waals surface area (Å²) in [6.45, 7) is 6.25. The zero-order chi connectivity index (χ0) is 14.4. The molecule has 0 aliphatic heterocycles. The van der Waals surface area contributed by atoms with Gasteiger partial charge in [-0.3, -0.25) is 4.40 Å². The first-order chi connectivity index (χ1) is 9.47. The van der Waals surface area contributed by atoms with Crippen LogP contribution in [0.2, 0.25) is 0 Å². The van der Waals surface area contributed by atoms with Gasteiger partial charge in [0, 0.05) is 16.2 Å². The average Bonchev–Trinajstić information content (AvgIpc) is 2.71. The molecule has 0 aliphatic rings. The van der Waals surface area contributed by atoms with Crippen LogP contribution in [0, 0.1) is 20.8 Å². The van der Waals surface area contributed by atoms with Gasteiger partial charge in [0.05, 0.1) is 0 Å². The molecule has 102 valence electrons. The van der Waals surface area contributed by atoms with Crippen LogP contribution in [-0.2, 0) is 0 Å². The maximum absolute atomic E-state index is 6.26. The summed E-state index contributed by atoms with van der Waals surface area (Å²) in [6.07, 6.45) is 1.97. The van der Waals surface area contributed by atoms with Crippen LogP contribution >= 0.6 is 15.9 Å². The first-order valence-corrected chi connectivity index (χ1v) is 7.28. The minimum Gasteiger partial charge on any atom is -0.383 e. The molecule has 0 saturated carbocycles. The number of benzene rings is 1. The number of halogens is 1. The summed E-state index contributed by atoms with van der Waals surface area (Å²) in [7, 11) is 0. The topological polar surface area (TPSA) is 43.3 Å². The standard InChI is InChI=1S/C16H16BrN3/c1-9-4-5-12(6-10(9)2)15-16(18)20-8-13(17)11(3)7-14(20)19-15/h4-8H,18H2,1-3H3. The lowest BCUT2D eigenvalue weighted by molar-refractivity contribution is 1.16. The van der Waals surface area contributed by atoms with Crippen molar-refractivity contribution in [2.24, 2.45) is 0 Å². The van der Waals surface area contributed by atoms with Crippen LogP contribution in [0.25, 0.3) is 16.9 Å². The van der Waals surface area contributed by atoms with Crippen molar-refractivity contribution in [1.82, 2.24) is 9.38 Å². The number of anilines is 1. The summed E-state index contributed by atoms with van der Waals surface area (Å²) in [4.78, 5) is 4.67. The molecule has 0 spiro atoms. The monoisotopic (exact) mass is 329 g/mol. The minimum atomic E-state index is 0.670. The van der Waals surface area contributed by atoms with Crippen molar-refractivity contribution in [3.05, 3.63) is 51.6 Å². The number of rotatable bonds is 1. The molecule has 20 heavy (non-hydrogen) atoms. The van der Waals surface area contributed by atoms with Crippen LogP contribution in [0.4, 0.5) is 5.82 Å². The van der Waals surface area contributed by atoms with Gasteiger partial charge in [0.25, 0.3) is 0 Å². The Balaban J connectivity index is 2.26. The number of fused-ring (bicyclic) bond motifs is 1. The van der Waals surface area contributed by atoms with Crippen LogP contribution in [-0.4, -0.2) is 9.38 Å². The van der Waals surface area contributed by atoms with Gasteiger partial charge in [0.1, 0.15) is 17.2 Å². The van der Waals surface area contributed by atoms with E-state index in [2.05, 4.69) is 53.0 Å². The summed E-state index contributed by atoms with van der Waals surface area (Å²) in [6, 6.07) is 8.35. The van der Waals surface area contributed by atoms with Crippen molar-refractivity contribution < 1.29 is 0 Å². The van der Waals surface area contributed by atoms with Gasteiger partial charge in [0.2, 0.25) is 0 Å². The highest BCUT2D eigenvalue weighted by molar-refractivity contribution is 9.10. The molecule has 0 atom stereocenters. The Morgan fingerprint density at radius 2 is 1.80 bits per heavy atom. The number of pyridine rings is 1. The molecule has 2 heterocycles. The number of hydrogen-bond donors (Lipinski definition) is 1. The maximum Gasteiger partial charge on any atom is 0.139 e. The van der Waals surface area contributed by atoms with E-state index in [1.54, 1.807) is 0 Å². The van der Waals surface area contributed by atoms with Crippen LogP contribution in [0.15, 0.2) is 34.9 Å². The second kappa shape index (κ2) is 4.63. The largest absolute Gasteiger partial charge is 0.383 e. The van der Waals surface area contributed by atoms with Gasteiger partial charge in [-0.25, -0.2) is 4.98 Å². The summed E-state index contributed by atoms with van der Waals surface area (Å²) in [5.74, 6) is 0.670. The van der Waals surface area contributed by atoms with Gasteiger partial charge in [-0.05, 0) is 65.5 Å². The number of aromatic nitrogens is 2. The first kappa shape index (κ1) is 13.2. The molecular formula is C16H16BrN3. The Morgan fingerprint density at radius 1 is 1.05 bits per heavy atom. The molecular weight excluding hydrogens is 314 g/mol. The maximum atomic E-state index is 6.26. The molecule has 0 bridgehead atoms. The highest BCUT2D eigenvalue weighted by atomic mass is 79.9. The van der Waals surface area contributed by atoms with Crippen LogP contribution in [0.3, 0.4) is 0 Å². The number of nitrogen functional groups attached to an aromatic ring is 1. The van der Waals surface area contributed by atoms with E-state index in [0.29, 0.717) is 5.82 Å². The van der Waals surface area contributed by atoms with Gasteiger partial charge >= 0.3 is 0 Å². The summed E-state index contributed by atoms with van der Waals surface area (Å²) in [5.41, 5.74) is 12.7. The van der Waals surface area contributed by atoms with Crippen LogP contribution in [0.5, 0.6) is 0 Å². The van der Waals surface area contributed by atoms with Gasteiger partial charge in [-0.1, -0.05) is 12.1 Å². The molecule has 2 aromatic heterocycles. The number of imidazole rings is 1. The van der Waals surface area contributed by atoms with E-state index in [-0.39, 0.29) is 0 Å². The SMILES string of the molecule is Cc1ccc(-c2nc3cc(C)c(Br)cn3c2N)cc1C. The second-order valence-electron chi connectivity index (χ2n) is 5.18. The number of nitrogens with two attached hydrogens (primary N) is 1. The highest BCUT2D eigenvalue weighted by Gasteiger charge is 2.13. The van der Waals surface area contributed by atoms with Crippen molar-refractivity contribution >= 4 is 27.4 Å². The average molecular weight is 330 g/mol. The van der Waals surface area contributed by atoms with E-state index in [1.165, 1.54) is 11.1 Å². The molecule has 1 aromatic carbocycles. The first-order valence-electron chi connectivity index (χ1n) is 6.48. The minimum absolute atomic E-state index is 0.670. The van der Waals surface area contributed by atoms with Crippen molar-refractivity contribution in [1.29, 1.82) is 0 Å². The fourth-order valence-corrected chi connectivity index (χ4v) is 2.60. The summed E-state index contributed by atoms with van der Waals surface area (Å²) in [5, 5.41) is 0. The zero-order valence-electron chi connectivity index (χ0n) is 11.7. The predicted molar refractivity (Wildman–Crippen MR) is 87.0 cm³/mol. The van der Waals surface area contributed by atoms with E-state index < -0.39 is 0 Å². The normalized spacial score (nSPS) is 11.2. The Hall–Kier alpha value is -1.81. The molecule has 0 radical (unpaired) electrons. The van der Waals surface area contributed by atoms with Crippen molar-refractivity contribution in [2.45, 2.75) is 20.8 Å². The number of aryl methyl sites for hydroxylation is 3. The Morgan fingerprint density at radius 3 is 2.50 bits per heavy atom. The van der Waals surface area contributed by atoms with Crippen LogP contribution < -0.4 is 5.73 Å². The Bertz CT molecular complexity index is 818. The molecule has 3 nitrogen and oxygen atoms in total. The van der Waals surface area contributed by atoms with E-state index in [4.69, 9.17) is 5.73 Å². The molecule has 3 aromatic rings. The molecule has 0 aliphatic carbocycles. The molecule has 0 saturated heterocycles. The Kier molecular flexibility index (Phi) is 3.05. The molecule has 0 amide bonds. The lowest BCUT2D eigenvalue weighted by atomic mass is 10.0. The predicted octanol–water partition coefficient (Wildman–Crippen LogP) is 4.27. The molecule has 0 unspecified atom stereocenters. The molecule has 3 rings (SSSR count). The smallest absolute Gasteiger partial charge is 0.139 e. The van der Waals surface area contributed by atoms with Gasteiger partial charge in [-0.2, -0.15) is 0 Å². The third-order valence-electron chi connectivity index (χ3n) is 3.72. The summed E-state index contributed by atoms with van der Waals surface area (Å²) < 4.78 is 2.95. The third kappa shape index (κ3) is 2.00. The van der Waals surface area contributed by atoms with E-state index in [1.807, 2.05) is 23.6 Å². The fourth-order valence-electron chi connectivity index (χ4n) is 2.28. The van der Waals surface area contributed by atoms with E-state index in [9.17, 15) is 0 Å². The van der Waals surface area contributed by atoms with Crippen molar-refractivity contribution in [3.63, 3.8) is 0 Å². The summed E-state index contributed by atoms with van der Waals surface area (Å²) >= 11 is 3.53. The molecule has 4 heteroatoms. The number of nitrogens with zero attached hydrogens (tertiary/aromatic N) is 2. The highest BCUT2D eigenvalue weighted by Crippen LogP contribution is 2.29. The fraction of sp³-hybridized carbons (Fsp3) is 0.188. The Labute approximate surface area is 126 Å². The van der Waals surface area contributed by atoms with Gasteiger partial charge in [0.15, 0.2) is 0 Å². The zero-order valence-corrected chi connectivity index (χ0v) is 13.3. The van der Waals surface area contributed by atoms with Gasteiger partial charge in [-0.15, -0.1) is 0 Å². The quantitative estimate of drug-likeness (QED) is 0.724. The lowest BCUT2D eigenvalue weighted by Gasteiger charge is -2.04. The molecule has 2 N–H and O–H groups in total. The molecule has 0 fully saturated rings. The van der Waals surface area contributed by atoms with Gasteiger partial charge < -0.3 is 5.73 Å². The second-order valence-corrected chi connectivity index (χ2v) is 6.03.